The van der Waals surface area contributed by atoms with Gasteiger partial charge in [-0.15, -0.1) is 5.10 Å². The minimum Gasteiger partial charge on any atom is -0.344 e. The van der Waals surface area contributed by atoms with Gasteiger partial charge in [-0.1, -0.05) is 36.6 Å². The van der Waals surface area contributed by atoms with Gasteiger partial charge in [-0.05, 0) is 37.5 Å². The molecule has 0 bridgehead atoms. The lowest BCUT2D eigenvalue weighted by Crippen LogP contribution is -2.27. The molecule has 1 aromatic carbocycles. The van der Waals surface area contributed by atoms with E-state index in [4.69, 9.17) is 0 Å². The number of hydrogen-bond acceptors (Lipinski definition) is 3. The molecule has 1 aliphatic carbocycles. The average Bonchev–Trinajstić information content (AvgIpc) is 3.06. The Hall–Kier alpha value is -2.24. The van der Waals surface area contributed by atoms with Crippen LogP contribution in [0.2, 0.25) is 0 Å². The third-order valence-corrected chi connectivity index (χ3v) is 4.41. The highest BCUT2D eigenvalue weighted by molar-refractivity contribution is 5.92. The smallest absolute Gasteiger partial charge is 0.273 e. The number of rotatable bonds is 4. The van der Waals surface area contributed by atoms with E-state index in [0.717, 1.165) is 18.4 Å². The first-order chi connectivity index (χ1) is 11.1. The first-order valence-corrected chi connectivity index (χ1v) is 8.11. The summed E-state index contributed by atoms with van der Waals surface area (Å²) in [5, 5.41) is 11.0. The Labute approximate surface area is 134 Å². The van der Waals surface area contributed by atoms with Crippen LogP contribution in [0, 0.1) is 5.82 Å². The predicted octanol–water partition coefficient (Wildman–Crippen LogP) is 3.41. The first kappa shape index (κ1) is 15.6. The number of carbonyl (C=O) groups excluding carboxylic acids is 1. The molecule has 5 nitrogen and oxygen atoms in total. The molecule has 0 unspecified atom stereocenters. The van der Waals surface area contributed by atoms with Crippen molar-refractivity contribution in [3.05, 3.63) is 47.5 Å². The number of carbonyl (C=O) groups is 1. The SMILES string of the molecule is C[C@@H](NC(=O)c1cn(C2CCCCC2)nn1)c1ccc(F)cc1. The van der Waals surface area contributed by atoms with Crippen LogP contribution in [0.15, 0.2) is 30.5 Å². The fourth-order valence-electron chi connectivity index (χ4n) is 3.01. The van der Waals surface area contributed by atoms with E-state index in [2.05, 4.69) is 15.6 Å². The molecule has 6 heteroatoms. The lowest BCUT2D eigenvalue weighted by atomic mass is 9.96. The number of nitrogens with zero attached hydrogens (tertiary/aromatic N) is 3. The molecule has 2 aromatic rings. The van der Waals surface area contributed by atoms with Crippen molar-refractivity contribution in [3.63, 3.8) is 0 Å². The fourth-order valence-corrected chi connectivity index (χ4v) is 3.01. The average molecular weight is 316 g/mol. The molecule has 1 fully saturated rings. The summed E-state index contributed by atoms with van der Waals surface area (Å²) in [5.41, 5.74) is 1.17. The van der Waals surface area contributed by atoms with Gasteiger partial charge >= 0.3 is 0 Å². The van der Waals surface area contributed by atoms with E-state index < -0.39 is 0 Å². The molecule has 0 aliphatic heterocycles. The number of benzene rings is 1. The van der Waals surface area contributed by atoms with Crippen molar-refractivity contribution < 1.29 is 9.18 Å². The Bertz CT molecular complexity index is 661. The Morgan fingerprint density at radius 2 is 1.96 bits per heavy atom. The quantitative estimate of drug-likeness (QED) is 0.940. The minimum atomic E-state index is -0.289. The standard InChI is InChI=1S/C17H21FN4O/c1-12(13-7-9-14(18)10-8-13)19-17(23)16-11-22(21-20-16)15-5-3-2-4-6-15/h7-12,15H,2-6H2,1H3,(H,19,23)/t12-/m1/s1. The largest absolute Gasteiger partial charge is 0.344 e. The van der Waals surface area contributed by atoms with Gasteiger partial charge in [-0.3, -0.25) is 4.79 Å². The number of aromatic nitrogens is 3. The number of nitrogens with one attached hydrogen (secondary N) is 1. The molecular weight excluding hydrogens is 295 g/mol. The highest BCUT2D eigenvalue weighted by Gasteiger charge is 2.20. The molecule has 1 heterocycles. The maximum atomic E-state index is 12.9. The van der Waals surface area contributed by atoms with Crippen LogP contribution in [-0.2, 0) is 0 Å². The normalized spacial score (nSPS) is 17.0. The zero-order valence-electron chi connectivity index (χ0n) is 13.2. The first-order valence-electron chi connectivity index (χ1n) is 8.11. The summed E-state index contributed by atoms with van der Waals surface area (Å²) < 4.78 is 14.8. The molecular formula is C17H21FN4O. The summed E-state index contributed by atoms with van der Waals surface area (Å²) in [6.07, 6.45) is 7.59. The van der Waals surface area contributed by atoms with Gasteiger partial charge in [0, 0.05) is 0 Å². The topological polar surface area (TPSA) is 59.8 Å². The zero-order valence-corrected chi connectivity index (χ0v) is 13.2. The maximum Gasteiger partial charge on any atom is 0.273 e. The van der Waals surface area contributed by atoms with Crippen LogP contribution < -0.4 is 5.32 Å². The third kappa shape index (κ3) is 3.75. The molecule has 1 aliphatic rings. The number of amides is 1. The molecule has 122 valence electrons. The monoisotopic (exact) mass is 316 g/mol. The molecule has 23 heavy (non-hydrogen) atoms. The molecule has 3 rings (SSSR count). The van der Waals surface area contributed by atoms with Crippen LogP contribution in [0.25, 0.3) is 0 Å². The van der Waals surface area contributed by atoms with Gasteiger partial charge in [0.2, 0.25) is 0 Å². The van der Waals surface area contributed by atoms with Gasteiger partial charge in [0.1, 0.15) is 5.82 Å². The molecule has 0 spiro atoms. The van der Waals surface area contributed by atoms with E-state index in [0.29, 0.717) is 11.7 Å². The minimum absolute atomic E-state index is 0.220. The van der Waals surface area contributed by atoms with E-state index in [-0.39, 0.29) is 17.8 Å². The van der Waals surface area contributed by atoms with Crippen molar-refractivity contribution in [2.45, 2.75) is 51.1 Å². The summed E-state index contributed by atoms with van der Waals surface area (Å²) in [6, 6.07) is 6.24. The number of halogens is 1. The van der Waals surface area contributed by atoms with Crippen molar-refractivity contribution in [3.8, 4) is 0 Å². The molecule has 0 radical (unpaired) electrons. The summed E-state index contributed by atoms with van der Waals surface area (Å²) in [4.78, 5) is 12.3. The molecule has 1 N–H and O–H groups in total. The van der Waals surface area contributed by atoms with Crippen molar-refractivity contribution in [2.75, 3.05) is 0 Å². The second kappa shape index (κ2) is 6.89. The molecule has 1 aromatic heterocycles. The second-order valence-electron chi connectivity index (χ2n) is 6.12. The highest BCUT2D eigenvalue weighted by atomic mass is 19.1. The lowest BCUT2D eigenvalue weighted by Gasteiger charge is -2.20. The van der Waals surface area contributed by atoms with Gasteiger partial charge in [0.15, 0.2) is 5.69 Å². The number of hydrogen-bond donors (Lipinski definition) is 1. The fraction of sp³-hybridized carbons (Fsp3) is 0.471. The van der Waals surface area contributed by atoms with Crippen LogP contribution in [-0.4, -0.2) is 20.9 Å². The van der Waals surface area contributed by atoms with Crippen LogP contribution in [0.3, 0.4) is 0 Å². The lowest BCUT2D eigenvalue weighted by molar-refractivity contribution is 0.0934. The van der Waals surface area contributed by atoms with E-state index in [1.54, 1.807) is 18.3 Å². The molecule has 1 amide bonds. The van der Waals surface area contributed by atoms with Crippen LogP contribution in [0.1, 0.15) is 67.2 Å². The zero-order chi connectivity index (χ0) is 16.2. The van der Waals surface area contributed by atoms with Gasteiger partial charge < -0.3 is 5.32 Å². The van der Waals surface area contributed by atoms with Gasteiger partial charge in [0.05, 0.1) is 18.3 Å². The molecule has 0 saturated heterocycles. The van der Waals surface area contributed by atoms with E-state index in [1.807, 2.05) is 11.6 Å². The highest BCUT2D eigenvalue weighted by Crippen LogP contribution is 2.27. The van der Waals surface area contributed by atoms with Gasteiger partial charge in [-0.2, -0.15) is 0 Å². The Balaban J connectivity index is 1.63. The second-order valence-corrected chi connectivity index (χ2v) is 6.12. The van der Waals surface area contributed by atoms with Crippen molar-refractivity contribution in [1.29, 1.82) is 0 Å². The summed E-state index contributed by atoms with van der Waals surface area (Å²) in [5.74, 6) is -0.549. The summed E-state index contributed by atoms with van der Waals surface area (Å²) >= 11 is 0. The van der Waals surface area contributed by atoms with Crippen LogP contribution in [0.5, 0.6) is 0 Å². The van der Waals surface area contributed by atoms with E-state index in [1.165, 1.54) is 31.4 Å². The van der Waals surface area contributed by atoms with Crippen molar-refractivity contribution in [2.24, 2.45) is 0 Å². The van der Waals surface area contributed by atoms with Gasteiger partial charge in [0.25, 0.3) is 5.91 Å². The predicted molar refractivity (Wildman–Crippen MR) is 84.4 cm³/mol. The van der Waals surface area contributed by atoms with Crippen molar-refractivity contribution in [1.82, 2.24) is 20.3 Å². The van der Waals surface area contributed by atoms with Crippen LogP contribution >= 0.6 is 0 Å². The molecule has 1 atom stereocenters. The Morgan fingerprint density at radius 1 is 1.26 bits per heavy atom. The van der Waals surface area contributed by atoms with Crippen LogP contribution in [0.4, 0.5) is 4.39 Å². The van der Waals surface area contributed by atoms with E-state index >= 15 is 0 Å². The summed E-state index contributed by atoms with van der Waals surface area (Å²) in [7, 11) is 0. The maximum absolute atomic E-state index is 12.9. The third-order valence-electron chi connectivity index (χ3n) is 4.41. The molecule has 1 saturated carbocycles. The van der Waals surface area contributed by atoms with Crippen molar-refractivity contribution >= 4 is 5.91 Å². The summed E-state index contributed by atoms with van der Waals surface area (Å²) in [6.45, 7) is 1.86. The van der Waals surface area contributed by atoms with Gasteiger partial charge in [-0.25, -0.2) is 9.07 Å². The Kier molecular flexibility index (Phi) is 4.69. The van der Waals surface area contributed by atoms with E-state index in [9.17, 15) is 9.18 Å². The Morgan fingerprint density at radius 3 is 2.65 bits per heavy atom.